The summed E-state index contributed by atoms with van der Waals surface area (Å²) in [5, 5.41) is 4.26. The minimum Gasteiger partial charge on any atom is -0.364 e. The van der Waals surface area contributed by atoms with Gasteiger partial charge in [0.05, 0.1) is 6.54 Å². The number of hydrogen-bond donors (Lipinski definition) is 1. The molecule has 0 unspecified atom stereocenters. The Bertz CT molecular complexity index is 758. The first-order chi connectivity index (χ1) is 11.5. The van der Waals surface area contributed by atoms with E-state index in [0.717, 1.165) is 37.2 Å². The van der Waals surface area contributed by atoms with E-state index in [1.807, 2.05) is 11.6 Å². The number of rotatable bonds is 4. The molecule has 0 saturated carbocycles. The molecule has 0 atom stereocenters. The van der Waals surface area contributed by atoms with Gasteiger partial charge in [0.2, 0.25) is 0 Å². The third-order valence-electron chi connectivity index (χ3n) is 4.56. The van der Waals surface area contributed by atoms with Gasteiger partial charge in [-0.3, -0.25) is 9.48 Å². The number of carbonyl (C=O) groups is 1. The van der Waals surface area contributed by atoms with Crippen LogP contribution in [0, 0.1) is 6.92 Å². The van der Waals surface area contributed by atoms with Crippen molar-refractivity contribution in [3.8, 4) is 0 Å². The van der Waals surface area contributed by atoms with Crippen molar-refractivity contribution in [2.24, 2.45) is 5.73 Å². The van der Waals surface area contributed by atoms with Crippen LogP contribution in [-0.4, -0.2) is 40.7 Å². The van der Waals surface area contributed by atoms with Crippen LogP contribution in [0.5, 0.6) is 0 Å². The van der Waals surface area contributed by atoms with E-state index in [2.05, 4.69) is 47.4 Å². The van der Waals surface area contributed by atoms with Gasteiger partial charge in [-0.15, -0.1) is 0 Å². The minimum atomic E-state index is -0.488. The van der Waals surface area contributed by atoms with Crippen molar-refractivity contribution in [2.75, 3.05) is 20.1 Å². The second-order valence-corrected chi connectivity index (χ2v) is 6.46. The van der Waals surface area contributed by atoms with Crippen LogP contribution in [0.15, 0.2) is 36.4 Å². The van der Waals surface area contributed by atoms with E-state index in [0.29, 0.717) is 12.2 Å². The Balaban J connectivity index is 1.73. The molecule has 0 fully saturated rings. The first kappa shape index (κ1) is 16.5. The fourth-order valence-corrected chi connectivity index (χ4v) is 3.03. The fraction of sp³-hybridized carbons (Fsp3) is 0.368. The summed E-state index contributed by atoms with van der Waals surface area (Å²) in [6, 6.07) is 10.4. The number of primary amides is 1. The van der Waals surface area contributed by atoms with Crippen LogP contribution in [0.3, 0.4) is 0 Å². The molecule has 5 nitrogen and oxygen atoms in total. The van der Waals surface area contributed by atoms with Crippen molar-refractivity contribution in [1.82, 2.24) is 14.7 Å². The molecule has 1 aliphatic rings. The van der Waals surface area contributed by atoms with Crippen LogP contribution < -0.4 is 5.73 Å². The van der Waals surface area contributed by atoms with Gasteiger partial charge in [-0.2, -0.15) is 5.10 Å². The zero-order chi connectivity index (χ0) is 17.1. The molecule has 126 valence electrons. The number of carbonyl (C=O) groups excluding carboxylic acids is 1. The Morgan fingerprint density at radius 3 is 2.67 bits per heavy atom. The van der Waals surface area contributed by atoms with Crippen LogP contribution >= 0.6 is 0 Å². The molecular formula is C19H24N4O. The van der Waals surface area contributed by atoms with Gasteiger partial charge in [0.1, 0.15) is 5.69 Å². The molecule has 0 saturated heterocycles. The van der Waals surface area contributed by atoms with Gasteiger partial charge in [-0.1, -0.05) is 30.3 Å². The van der Waals surface area contributed by atoms with Gasteiger partial charge >= 0.3 is 0 Å². The number of amides is 1. The van der Waals surface area contributed by atoms with Gasteiger partial charge in [-0.05, 0) is 49.6 Å². The fourth-order valence-electron chi connectivity index (χ4n) is 3.03. The second kappa shape index (κ2) is 7.01. The zero-order valence-electron chi connectivity index (χ0n) is 14.3. The molecule has 1 aromatic carbocycles. The average molecular weight is 324 g/mol. The highest BCUT2D eigenvalue weighted by molar-refractivity contribution is 5.90. The molecule has 3 rings (SSSR count). The lowest BCUT2D eigenvalue weighted by Gasteiger charge is -2.12. The van der Waals surface area contributed by atoms with Crippen molar-refractivity contribution in [1.29, 1.82) is 0 Å². The largest absolute Gasteiger partial charge is 0.364 e. The molecule has 1 aliphatic heterocycles. The number of nitrogens with two attached hydrogens (primary N) is 1. The predicted molar refractivity (Wildman–Crippen MR) is 95.7 cm³/mol. The average Bonchev–Trinajstić information content (AvgIpc) is 2.78. The van der Waals surface area contributed by atoms with E-state index in [1.165, 1.54) is 11.1 Å². The van der Waals surface area contributed by atoms with E-state index < -0.39 is 5.91 Å². The second-order valence-electron chi connectivity index (χ2n) is 6.46. The lowest BCUT2D eigenvalue weighted by Crippen LogP contribution is -2.18. The Morgan fingerprint density at radius 1 is 1.25 bits per heavy atom. The molecular weight excluding hydrogens is 300 g/mol. The molecule has 24 heavy (non-hydrogen) atoms. The van der Waals surface area contributed by atoms with E-state index >= 15 is 0 Å². The first-order valence-electron chi connectivity index (χ1n) is 8.34. The minimum absolute atomic E-state index is 0.317. The SMILES string of the molecule is Cc1cc(C(N)=O)nn1Cc1ccc(C2=CCCN(C)CC2)cc1. The normalized spacial score (nSPS) is 15.8. The highest BCUT2D eigenvalue weighted by Gasteiger charge is 2.11. The first-order valence-corrected chi connectivity index (χ1v) is 8.34. The molecule has 1 aromatic heterocycles. The molecule has 0 radical (unpaired) electrons. The van der Waals surface area contributed by atoms with Gasteiger partial charge in [0.25, 0.3) is 5.91 Å². The maximum Gasteiger partial charge on any atom is 0.269 e. The Kier molecular flexibility index (Phi) is 4.81. The highest BCUT2D eigenvalue weighted by Crippen LogP contribution is 2.22. The van der Waals surface area contributed by atoms with Crippen molar-refractivity contribution in [3.05, 3.63) is 58.9 Å². The van der Waals surface area contributed by atoms with Crippen molar-refractivity contribution in [3.63, 3.8) is 0 Å². The maximum atomic E-state index is 11.2. The zero-order valence-corrected chi connectivity index (χ0v) is 14.3. The lowest BCUT2D eigenvalue weighted by molar-refractivity contribution is 0.0995. The van der Waals surface area contributed by atoms with Gasteiger partial charge < -0.3 is 10.6 Å². The Labute approximate surface area is 142 Å². The summed E-state index contributed by atoms with van der Waals surface area (Å²) in [6.07, 6.45) is 4.56. The Morgan fingerprint density at radius 2 is 2.00 bits per heavy atom. The lowest BCUT2D eigenvalue weighted by atomic mass is 10.0. The summed E-state index contributed by atoms with van der Waals surface area (Å²) in [6.45, 7) is 4.81. The van der Waals surface area contributed by atoms with E-state index in [9.17, 15) is 4.79 Å². The monoisotopic (exact) mass is 324 g/mol. The number of benzene rings is 1. The van der Waals surface area contributed by atoms with Crippen LogP contribution in [0.25, 0.3) is 5.57 Å². The summed E-state index contributed by atoms with van der Waals surface area (Å²) in [7, 11) is 2.17. The number of hydrogen-bond acceptors (Lipinski definition) is 3. The number of aromatic nitrogens is 2. The predicted octanol–water partition coefficient (Wildman–Crippen LogP) is 2.45. The molecule has 5 heteroatoms. The molecule has 0 bridgehead atoms. The van der Waals surface area contributed by atoms with Crippen LogP contribution in [0.1, 0.15) is 40.2 Å². The van der Waals surface area contributed by atoms with Crippen LogP contribution in [0.2, 0.25) is 0 Å². The summed E-state index contributed by atoms with van der Waals surface area (Å²) >= 11 is 0. The number of aryl methyl sites for hydroxylation is 1. The topological polar surface area (TPSA) is 64.2 Å². The standard InChI is InChI=1S/C19H24N4O/c1-14-12-18(19(20)24)21-23(14)13-15-5-7-17(8-6-15)16-4-3-10-22(2)11-9-16/h4-8,12H,3,9-11,13H2,1-2H3,(H2,20,24). The smallest absolute Gasteiger partial charge is 0.269 e. The summed E-state index contributed by atoms with van der Waals surface area (Å²) in [4.78, 5) is 13.6. The van der Waals surface area contributed by atoms with Crippen molar-refractivity contribution < 1.29 is 4.79 Å². The summed E-state index contributed by atoms with van der Waals surface area (Å²) in [5.41, 5.74) is 10.4. The van der Waals surface area contributed by atoms with E-state index in [4.69, 9.17) is 5.73 Å². The molecule has 2 aromatic rings. The van der Waals surface area contributed by atoms with E-state index in [1.54, 1.807) is 6.07 Å². The number of nitrogens with zero attached hydrogens (tertiary/aromatic N) is 3. The molecule has 0 aliphatic carbocycles. The molecule has 2 heterocycles. The maximum absolute atomic E-state index is 11.2. The van der Waals surface area contributed by atoms with Crippen molar-refractivity contribution >= 4 is 11.5 Å². The van der Waals surface area contributed by atoms with Gasteiger partial charge in [0.15, 0.2) is 0 Å². The molecule has 2 N–H and O–H groups in total. The third kappa shape index (κ3) is 3.74. The molecule has 1 amide bonds. The summed E-state index contributed by atoms with van der Waals surface area (Å²) in [5.74, 6) is -0.488. The quantitative estimate of drug-likeness (QED) is 0.939. The third-order valence-corrected chi connectivity index (χ3v) is 4.56. The van der Waals surface area contributed by atoms with Crippen LogP contribution in [-0.2, 0) is 6.54 Å². The van der Waals surface area contributed by atoms with Gasteiger partial charge in [-0.25, -0.2) is 0 Å². The van der Waals surface area contributed by atoms with Crippen molar-refractivity contribution in [2.45, 2.75) is 26.3 Å². The molecule has 0 spiro atoms. The van der Waals surface area contributed by atoms with Crippen LogP contribution in [0.4, 0.5) is 0 Å². The van der Waals surface area contributed by atoms with Gasteiger partial charge in [0, 0.05) is 18.8 Å². The summed E-state index contributed by atoms with van der Waals surface area (Å²) < 4.78 is 1.81. The Hall–Kier alpha value is -2.40. The van der Waals surface area contributed by atoms with E-state index in [-0.39, 0.29) is 0 Å². The highest BCUT2D eigenvalue weighted by atomic mass is 16.1.